The Hall–Kier alpha value is -4.34. The molecule has 5 rings (SSSR count). The number of benzene rings is 2. The van der Waals surface area contributed by atoms with Crippen molar-refractivity contribution in [3.05, 3.63) is 113 Å². The Morgan fingerprint density at radius 2 is 1.74 bits per heavy atom. The number of carbonyl (C=O) groups excluding carboxylic acids is 3. The van der Waals surface area contributed by atoms with E-state index >= 15 is 0 Å². The third kappa shape index (κ3) is 9.83. The monoisotopic (exact) mass is 643 g/mol. The van der Waals surface area contributed by atoms with Gasteiger partial charge < -0.3 is 30.5 Å². The van der Waals surface area contributed by atoms with Gasteiger partial charge in [0.1, 0.15) is 12.0 Å². The van der Waals surface area contributed by atoms with Crippen LogP contribution in [0.25, 0.3) is 0 Å². The van der Waals surface area contributed by atoms with E-state index in [9.17, 15) is 14.4 Å². The van der Waals surface area contributed by atoms with E-state index in [0.29, 0.717) is 41.8 Å². The summed E-state index contributed by atoms with van der Waals surface area (Å²) in [4.78, 5) is 41.6. The van der Waals surface area contributed by atoms with Gasteiger partial charge >= 0.3 is 6.03 Å². The van der Waals surface area contributed by atoms with Gasteiger partial charge in [-0.15, -0.1) is 0 Å². The van der Waals surface area contributed by atoms with Crippen molar-refractivity contribution in [2.24, 2.45) is 0 Å². The first-order valence-corrected chi connectivity index (χ1v) is 16.4. The summed E-state index contributed by atoms with van der Waals surface area (Å²) in [6, 6.07) is 14.8. The normalized spacial score (nSPS) is 16.8. The summed E-state index contributed by atoms with van der Waals surface area (Å²) in [6.45, 7) is 4.75. The Bertz CT molecular complexity index is 1490. The number of anilines is 1. The minimum atomic E-state index is -0.218. The fourth-order valence-corrected chi connectivity index (χ4v) is 6.05. The standard InChI is InChI=1S/C36H42ClN5O4/c37-29-12-13-32(33(25-29)35(44)38-16-5-2-6-17-39-36(45)40-30-9-3-1-4-10-30)27-14-18-41(19-15-27)20-21-42-22-23-46-34(26-42)28-8-7-11-31(43)24-28/h1,3-4,7-13,22-23,25-27H,2,5-6,14-21,24H2,(H,38,44)(H2,39,40,45). The van der Waals surface area contributed by atoms with Crippen LogP contribution in [-0.2, 0) is 9.53 Å². The largest absolute Gasteiger partial charge is 0.462 e. The number of carbonyl (C=O) groups is 3. The van der Waals surface area contributed by atoms with Crippen LogP contribution in [0, 0.1) is 0 Å². The number of halogens is 1. The average molecular weight is 644 g/mol. The van der Waals surface area contributed by atoms with Crippen molar-refractivity contribution >= 4 is 35.0 Å². The molecule has 242 valence electrons. The molecule has 0 saturated carbocycles. The van der Waals surface area contributed by atoms with E-state index in [1.807, 2.05) is 60.9 Å². The molecule has 46 heavy (non-hydrogen) atoms. The van der Waals surface area contributed by atoms with E-state index in [1.54, 1.807) is 24.5 Å². The molecule has 2 aromatic rings. The highest BCUT2D eigenvalue weighted by molar-refractivity contribution is 6.31. The summed E-state index contributed by atoms with van der Waals surface area (Å²) in [6.07, 6.45) is 15.7. The Balaban J connectivity index is 1.02. The first-order valence-electron chi connectivity index (χ1n) is 16.1. The van der Waals surface area contributed by atoms with Gasteiger partial charge in [-0.25, -0.2) is 4.79 Å². The number of unbranched alkanes of at least 4 members (excludes halogenated alkanes) is 2. The van der Waals surface area contributed by atoms with Crippen LogP contribution >= 0.6 is 11.6 Å². The summed E-state index contributed by atoms with van der Waals surface area (Å²) in [5, 5.41) is 9.30. The van der Waals surface area contributed by atoms with Gasteiger partial charge in [0.2, 0.25) is 0 Å². The second kappa shape index (κ2) is 16.8. The fourth-order valence-electron chi connectivity index (χ4n) is 5.88. The number of ether oxygens (including phenoxy) is 1. The fraction of sp³-hybridized carbons (Fsp3) is 0.361. The predicted molar refractivity (Wildman–Crippen MR) is 181 cm³/mol. The maximum atomic E-state index is 13.2. The van der Waals surface area contributed by atoms with Crippen molar-refractivity contribution in [3.63, 3.8) is 0 Å². The molecule has 3 amide bonds. The number of nitrogens with one attached hydrogen (secondary N) is 3. The number of hydrogen-bond donors (Lipinski definition) is 3. The van der Waals surface area contributed by atoms with Crippen molar-refractivity contribution in [2.45, 2.75) is 44.4 Å². The van der Waals surface area contributed by atoms with Crippen LogP contribution in [0.1, 0.15) is 60.4 Å². The molecule has 10 heteroatoms. The summed E-state index contributed by atoms with van der Waals surface area (Å²) < 4.78 is 5.67. The van der Waals surface area contributed by atoms with Gasteiger partial charge in [0.15, 0.2) is 5.78 Å². The van der Waals surface area contributed by atoms with Gasteiger partial charge in [0, 0.05) is 66.8 Å². The number of amides is 3. The summed E-state index contributed by atoms with van der Waals surface area (Å²) in [5.74, 6) is 1.00. The smallest absolute Gasteiger partial charge is 0.319 e. The van der Waals surface area contributed by atoms with Crippen LogP contribution < -0.4 is 16.0 Å². The van der Waals surface area contributed by atoms with Crippen molar-refractivity contribution in [1.29, 1.82) is 0 Å². The van der Waals surface area contributed by atoms with Gasteiger partial charge in [-0.2, -0.15) is 0 Å². The molecule has 0 bridgehead atoms. The predicted octanol–water partition coefficient (Wildman–Crippen LogP) is 6.34. The van der Waals surface area contributed by atoms with Crippen LogP contribution in [0.4, 0.5) is 10.5 Å². The van der Waals surface area contributed by atoms with Crippen molar-refractivity contribution in [1.82, 2.24) is 20.4 Å². The number of allylic oxidation sites excluding steroid dienone is 4. The Kier molecular flexibility index (Phi) is 12.1. The first-order chi connectivity index (χ1) is 22.4. The molecule has 0 unspecified atom stereocenters. The highest BCUT2D eigenvalue weighted by atomic mass is 35.5. The number of nitrogens with zero attached hydrogens (tertiary/aromatic N) is 2. The maximum Gasteiger partial charge on any atom is 0.319 e. The minimum Gasteiger partial charge on any atom is -0.462 e. The topological polar surface area (TPSA) is 103 Å². The lowest BCUT2D eigenvalue weighted by Crippen LogP contribution is -2.38. The molecule has 0 aromatic heterocycles. The number of ketones is 1. The van der Waals surface area contributed by atoms with Gasteiger partial charge in [0.25, 0.3) is 5.91 Å². The minimum absolute atomic E-state index is 0.0825. The third-order valence-corrected chi connectivity index (χ3v) is 8.64. The SMILES string of the molecule is O=C1C=CC=C(C2=CN(CCN3CCC(c4ccc(Cl)cc4C(=O)NCCCCCNC(=O)Nc4ccccc4)CC3)C=CO2)C1. The Morgan fingerprint density at radius 3 is 2.52 bits per heavy atom. The lowest BCUT2D eigenvalue weighted by Gasteiger charge is -2.34. The molecule has 1 fully saturated rings. The second-order valence-corrected chi connectivity index (χ2v) is 12.2. The van der Waals surface area contributed by atoms with E-state index in [2.05, 4.69) is 25.8 Å². The highest BCUT2D eigenvalue weighted by Crippen LogP contribution is 2.32. The second-order valence-electron chi connectivity index (χ2n) is 11.7. The maximum absolute atomic E-state index is 13.2. The lowest BCUT2D eigenvalue weighted by atomic mass is 9.86. The molecule has 2 heterocycles. The van der Waals surface area contributed by atoms with E-state index in [0.717, 1.165) is 75.1 Å². The first kappa shape index (κ1) is 33.0. The molecule has 3 aliphatic rings. The molecule has 3 N–H and O–H groups in total. The van der Waals surface area contributed by atoms with Crippen molar-refractivity contribution < 1.29 is 19.1 Å². The zero-order valence-electron chi connectivity index (χ0n) is 26.1. The number of likely N-dealkylation sites (tertiary alicyclic amines) is 1. The van der Waals surface area contributed by atoms with Gasteiger partial charge in [0.05, 0.1) is 0 Å². The zero-order chi connectivity index (χ0) is 32.1. The highest BCUT2D eigenvalue weighted by Gasteiger charge is 2.25. The molecule has 0 radical (unpaired) electrons. The van der Waals surface area contributed by atoms with Crippen LogP contribution in [0.15, 0.2) is 96.8 Å². The van der Waals surface area contributed by atoms with Crippen LogP contribution in [-0.4, -0.2) is 66.8 Å². The van der Waals surface area contributed by atoms with Gasteiger partial charge in [-0.05, 0) is 87.0 Å². The van der Waals surface area contributed by atoms with E-state index in [-0.39, 0.29) is 17.7 Å². The summed E-state index contributed by atoms with van der Waals surface area (Å²) in [7, 11) is 0. The van der Waals surface area contributed by atoms with Crippen LogP contribution in [0.3, 0.4) is 0 Å². The van der Waals surface area contributed by atoms with Gasteiger partial charge in [-0.1, -0.05) is 48.0 Å². The van der Waals surface area contributed by atoms with E-state index < -0.39 is 0 Å². The number of urea groups is 1. The molecule has 1 saturated heterocycles. The molecule has 9 nitrogen and oxygen atoms in total. The summed E-state index contributed by atoms with van der Waals surface area (Å²) in [5.41, 5.74) is 3.37. The molecule has 0 spiro atoms. The number of hydrogen-bond acceptors (Lipinski definition) is 6. The lowest BCUT2D eigenvalue weighted by molar-refractivity contribution is -0.114. The summed E-state index contributed by atoms with van der Waals surface area (Å²) >= 11 is 6.33. The molecule has 2 aromatic carbocycles. The quantitative estimate of drug-likeness (QED) is 0.220. The van der Waals surface area contributed by atoms with Gasteiger partial charge in [-0.3, -0.25) is 9.59 Å². The number of rotatable bonds is 13. The molecule has 1 aliphatic carbocycles. The molecule has 0 atom stereocenters. The molecule has 2 aliphatic heterocycles. The Labute approximate surface area is 276 Å². The van der Waals surface area contributed by atoms with Crippen molar-refractivity contribution in [3.8, 4) is 0 Å². The third-order valence-electron chi connectivity index (χ3n) is 8.41. The molecular formula is C36H42ClN5O4. The Morgan fingerprint density at radius 1 is 0.957 bits per heavy atom. The van der Waals surface area contributed by atoms with E-state index in [1.165, 1.54) is 0 Å². The number of para-hydroxylation sites is 1. The number of piperidine rings is 1. The zero-order valence-corrected chi connectivity index (χ0v) is 26.8. The van der Waals surface area contributed by atoms with Crippen LogP contribution in [0.5, 0.6) is 0 Å². The average Bonchev–Trinajstić information content (AvgIpc) is 3.07. The van der Waals surface area contributed by atoms with Crippen molar-refractivity contribution in [2.75, 3.05) is 44.6 Å². The van der Waals surface area contributed by atoms with Crippen LogP contribution in [0.2, 0.25) is 5.02 Å². The van der Waals surface area contributed by atoms with E-state index in [4.69, 9.17) is 16.3 Å². The molecular weight excluding hydrogens is 602 g/mol.